The number of aliphatic hydroxyl groups excluding tert-OH is 1. The lowest BCUT2D eigenvalue weighted by Crippen LogP contribution is -2.39. The first-order chi connectivity index (χ1) is 6.17. The topological polar surface area (TPSA) is 38.7 Å². The molecule has 76 valence electrons. The minimum absolute atomic E-state index is 0.161. The summed E-state index contributed by atoms with van der Waals surface area (Å²) in [7, 11) is 1.63. The number of methoxy groups -OCH3 is 1. The van der Waals surface area contributed by atoms with Gasteiger partial charge in [0, 0.05) is 13.5 Å². The van der Waals surface area contributed by atoms with Crippen molar-refractivity contribution >= 4 is 0 Å². The molecule has 1 unspecified atom stereocenters. The molecule has 0 aromatic rings. The highest BCUT2D eigenvalue weighted by Crippen LogP contribution is 2.26. The Hall–Kier alpha value is -0.380. The summed E-state index contributed by atoms with van der Waals surface area (Å²) < 4.78 is 10.6. The predicted molar refractivity (Wildman–Crippen MR) is 50.3 cm³/mol. The first-order valence-corrected chi connectivity index (χ1v) is 4.66. The molecular weight excluding hydrogens is 168 g/mol. The van der Waals surface area contributed by atoms with Crippen molar-refractivity contribution in [3.8, 4) is 0 Å². The summed E-state index contributed by atoms with van der Waals surface area (Å²) in [6.45, 7) is 5.68. The number of hydrogen-bond acceptors (Lipinski definition) is 3. The molecule has 3 nitrogen and oxygen atoms in total. The number of ether oxygens (including phenoxy) is 2. The highest BCUT2D eigenvalue weighted by Gasteiger charge is 2.30. The summed E-state index contributed by atoms with van der Waals surface area (Å²) >= 11 is 0. The van der Waals surface area contributed by atoms with Gasteiger partial charge in [-0.15, -0.1) is 6.58 Å². The maximum Gasteiger partial charge on any atom is 0.157 e. The normalized spacial score (nSPS) is 37.0. The largest absolute Gasteiger partial charge is 0.386 e. The number of rotatable bonds is 3. The van der Waals surface area contributed by atoms with Crippen molar-refractivity contribution in [3.63, 3.8) is 0 Å². The van der Waals surface area contributed by atoms with E-state index >= 15 is 0 Å². The van der Waals surface area contributed by atoms with Crippen LogP contribution in [0.2, 0.25) is 0 Å². The molecule has 1 aliphatic heterocycles. The third-order valence-corrected chi connectivity index (χ3v) is 2.44. The molecule has 1 fully saturated rings. The second-order valence-electron chi connectivity index (χ2n) is 3.64. The molecule has 0 radical (unpaired) electrons. The molecule has 0 amide bonds. The van der Waals surface area contributed by atoms with Crippen molar-refractivity contribution in [1.82, 2.24) is 0 Å². The molecule has 0 aliphatic carbocycles. The smallest absolute Gasteiger partial charge is 0.157 e. The molecule has 1 N–H and O–H groups in total. The van der Waals surface area contributed by atoms with Gasteiger partial charge in [-0.05, 0) is 12.3 Å². The minimum atomic E-state index is -0.583. The molecular formula is C10H18O3. The van der Waals surface area contributed by atoms with Crippen LogP contribution in [0.4, 0.5) is 0 Å². The van der Waals surface area contributed by atoms with E-state index in [9.17, 15) is 5.11 Å². The highest BCUT2D eigenvalue weighted by molar-refractivity contribution is 4.88. The second-order valence-corrected chi connectivity index (χ2v) is 3.64. The van der Waals surface area contributed by atoms with Gasteiger partial charge in [-0.1, -0.05) is 13.0 Å². The van der Waals surface area contributed by atoms with E-state index in [1.807, 2.05) is 0 Å². The maximum atomic E-state index is 9.52. The molecule has 4 atom stereocenters. The average Bonchev–Trinajstić information content (AvgIpc) is 2.15. The van der Waals surface area contributed by atoms with Crippen molar-refractivity contribution in [3.05, 3.63) is 12.7 Å². The van der Waals surface area contributed by atoms with Crippen LogP contribution in [-0.2, 0) is 9.47 Å². The van der Waals surface area contributed by atoms with E-state index in [0.29, 0.717) is 5.92 Å². The Labute approximate surface area is 79.3 Å². The standard InChI is InChI=1S/C10H18O3/c1-4-8(11)9-5-7(2)6-10(12-3)13-9/h4,7-11H,1,5-6H2,2-3H3/t7?,8-,9-,10+/m0/s1. The predicted octanol–water partition coefficient (Wildman–Crippen LogP) is 1.32. The Morgan fingerprint density at radius 3 is 2.85 bits per heavy atom. The van der Waals surface area contributed by atoms with Crippen LogP contribution in [0, 0.1) is 5.92 Å². The summed E-state index contributed by atoms with van der Waals surface area (Å²) in [5, 5.41) is 9.52. The van der Waals surface area contributed by atoms with E-state index in [-0.39, 0.29) is 12.4 Å². The molecule has 3 heteroatoms. The maximum absolute atomic E-state index is 9.52. The summed E-state index contributed by atoms with van der Waals surface area (Å²) in [6, 6.07) is 0. The van der Waals surface area contributed by atoms with E-state index in [1.165, 1.54) is 6.08 Å². The van der Waals surface area contributed by atoms with Crippen LogP contribution < -0.4 is 0 Å². The van der Waals surface area contributed by atoms with Gasteiger partial charge in [0.05, 0.1) is 12.2 Å². The third-order valence-electron chi connectivity index (χ3n) is 2.44. The van der Waals surface area contributed by atoms with Crippen LogP contribution >= 0.6 is 0 Å². The number of aliphatic hydroxyl groups is 1. The lowest BCUT2D eigenvalue weighted by molar-refractivity contribution is -0.208. The van der Waals surface area contributed by atoms with Gasteiger partial charge in [-0.25, -0.2) is 0 Å². The van der Waals surface area contributed by atoms with Gasteiger partial charge in [0.15, 0.2) is 6.29 Å². The average molecular weight is 186 g/mol. The van der Waals surface area contributed by atoms with Crippen LogP contribution in [0.25, 0.3) is 0 Å². The highest BCUT2D eigenvalue weighted by atomic mass is 16.7. The van der Waals surface area contributed by atoms with Crippen LogP contribution in [0.5, 0.6) is 0 Å². The van der Waals surface area contributed by atoms with Crippen LogP contribution in [0.1, 0.15) is 19.8 Å². The van der Waals surface area contributed by atoms with Gasteiger partial charge in [0.1, 0.15) is 0 Å². The van der Waals surface area contributed by atoms with Crippen molar-refractivity contribution < 1.29 is 14.6 Å². The Morgan fingerprint density at radius 2 is 2.31 bits per heavy atom. The van der Waals surface area contributed by atoms with Crippen LogP contribution in [0.15, 0.2) is 12.7 Å². The summed E-state index contributed by atoms with van der Waals surface area (Å²) in [5.41, 5.74) is 0. The van der Waals surface area contributed by atoms with Gasteiger partial charge >= 0.3 is 0 Å². The van der Waals surface area contributed by atoms with E-state index in [2.05, 4.69) is 13.5 Å². The Kier molecular flexibility index (Phi) is 3.90. The van der Waals surface area contributed by atoms with Crippen LogP contribution in [-0.4, -0.2) is 30.7 Å². The molecule has 0 saturated carbocycles. The molecule has 1 saturated heterocycles. The molecule has 1 heterocycles. The molecule has 0 aromatic heterocycles. The Morgan fingerprint density at radius 1 is 1.62 bits per heavy atom. The molecule has 13 heavy (non-hydrogen) atoms. The Balaban J connectivity index is 2.51. The fourth-order valence-electron chi connectivity index (χ4n) is 1.65. The molecule has 1 rings (SSSR count). The van der Waals surface area contributed by atoms with Crippen LogP contribution in [0.3, 0.4) is 0 Å². The zero-order valence-electron chi connectivity index (χ0n) is 8.27. The SMILES string of the molecule is C=C[C@H](O)[C@@H]1CC(C)C[C@H](OC)O1. The summed E-state index contributed by atoms with van der Waals surface area (Å²) in [6.07, 6.45) is 2.36. The molecule has 0 bridgehead atoms. The zero-order valence-corrected chi connectivity index (χ0v) is 8.27. The quantitative estimate of drug-likeness (QED) is 0.676. The molecule has 1 aliphatic rings. The van der Waals surface area contributed by atoms with Crippen molar-refractivity contribution in [2.24, 2.45) is 5.92 Å². The zero-order chi connectivity index (χ0) is 9.84. The number of hydrogen-bond donors (Lipinski definition) is 1. The van der Waals surface area contributed by atoms with Gasteiger partial charge in [-0.2, -0.15) is 0 Å². The molecule has 0 spiro atoms. The van der Waals surface area contributed by atoms with E-state index in [1.54, 1.807) is 7.11 Å². The summed E-state index contributed by atoms with van der Waals surface area (Å²) in [5.74, 6) is 0.526. The first kappa shape index (κ1) is 10.7. The Bertz CT molecular complexity index is 170. The summed E-state index contributed by atoms with van der Waals surface area (Å²) in [4.78, 5) is 0. The van der Waals surface area contributed by atoms with Gasteiger partial charge < -0.3 is 14.6 Å². The van der Waals surface area contributed by atoms with Gasteiger partial charge in [-0.3, -0.25) is 0 Å². The second kappa shape index (κ2) is 4.74. The minimum Gasteiger partial charge on any atom is -0.386 e. The monoisotopic (exact) mass is 186 g/mol. The lowest BCUT2D eigenvalue weighted by atomic mass is 9.94. The van der Waals surface area contributed by atoms with E-state index < -0.39 is 6.10 Å². The van der Waals surface area contributed by atoms with E-state index in [0.717, 1.165) is 12.8 Å². The lowest BCUT2D eigenvalue weighted by Gasteiger charge is -2.34. The fourth-order valence-corrected chi connectivity index (χ4v) is 1.65. The van der Waals surface area contributed by atoms with Gasteiger partial charge in [0.2, 0.25) is 0 Å². The van der Waals surface area contributed by atoms with Crippen molar-refractivity contribution in [2.75, 3.05) is 7.11 Å². The van der Waals surface area contributed by atoms with E-state index in [4.69, 9.17) is 9.47 Å². The van der Waals surface area contributed by atoms with Gasteiger partial charge in [0.25, 0.3) is 0 Å². The van der Waals surface area contributed by atoms with Crippen molar-refractivity contribution in [1.29, 1.82) is 0 Å². The fraction of sp³-hybridized carbons (Fsp3) is 0.800. The third kappa shape index (κ3) is 2.79. The first-order valence-electron chi connectivity index (χ1n) is 4.66. The molecule has 0 aromatic carbocycles. The van der Waals surface area contributed by atoms with Crippen molar-refractivity contribution in [2.45, 2.75) is 38.3 Å².